The topological polar surface area (TPSA) is 88.6 Å². The van der Waals surface area contributed by atoms with Gasteiger partial charge in [-0.1, -0.05) is 18.2 Å². The van der Waals surface area contributed by atoms with Gasteiger partial charge in [-0.2, -0.15) is 0 Å². The van der Waals surface area contributed by atoms with Crippen molar-refractivity contribution in [2.75, 3.05) is 19.1 Å². The third kappa shape index (κ3) is 4.92. The van der Waals surface area contributed by atoms with Crippen LogP contribution in [0.2, 0.25) is 0 Å². The molecule has 3 rings (SSSR count). The molecule has 0 fully saturated rings. The fraction of sp³-hybridized carbons (Fsp3) is 0.409. The minimum absolute atomic E-state index is 0.109. The molecule has 1 atom stereocenters. The number of rotatable bonds is 7. The van der Waals surface area contributed by atoms with E-state index in [1.54, 1.807) is 31.3 Å². The Morgan fingerprint density at radius 1 is 0.967 bits per heavy atom. The second-order valence-electron chi connectivity index (χ2n) is 7.87. The van der Waals surface area contributed by atoms with Gasteiger partial charge in [-0.15, -0.1) is 0 Å². The summed E-state index contributed by atoms with van der Waals surface area (Å²) in [5, 5.41) is 0. The van der Waals surface area contributed by atoms with Crippen molar-refractivity contribution in [1.29, 1.82) is 0 Å². The Hall–Kier alpha value is -2.19. The molecule has 0 bridgehead atoms. The van der Waals surface area contributed by atoms with Crippen LogP contribution in [0.4, 0.5) is 0 Å². The highest BCUT2D eigenvalue weighted by Gasteiger charge is 2.23. The molecule has 0 radical (unpaired) electrons. The zero-order valence-electron chi connectivity index (χ0n) is 17.5. The smallest absolute Gasteiger partial charge is 0.223 e. The molecule has 1 unspecified atom stereocenters. The summed E-state index contributed by atoms with van der Waals surface area (Å²) >= 11 is 0. The van der Waals surface area contributed by atoms with Crippen molar-refractivity contribution in [3.8, 4) is 0 Å². The van der Waals surface area contributed by atoms with Crippen molar-refractivity contribution in [2.24, 2.45) is 0 Å². The number of hydrogen-bond donors (Lipinski definition) is 0. The van der Waals surface area contributed by atoms with Gasteiger partial charge in [0.2, 0.25) is 5.91 Å². The molecule has 30 heavy (non-hydrogen) atoms. The second kappa shape index (κ2) is 8.51. The lowest BCUT2D eigenvalue weighted by molar-refractivity contribution is -0.131. The van der Waals surface area contributed by atoms with Crippen LogP contribution in [0.3, 0.4) is 0 Å². The minimum atomic E-state index is -3.54. The van der Waals surface area contributed by atoms with E-state index in [0.717, 1.165) is 36.6 Å². The molecule has 8 heteroatoms. The average Bonchev–Trinajstić information content (AvgIpc) is 3.18. The Kier molecular flexibility index (Phi) is 6.38. The Bertz CT molecular complexity index is 1150. The van der Waals surface area contributed by atoms with E-state index in [4.69, 9.17) is 0 Å². The van der Waals surface area contributed by atoms with Crippen LogP contribution in [0.5, 0.6) is 0 Å². The summed E-state index contributed by atoms with van der Waals surface area (Å²) in [7, 11) is -5.20. The number of amides is 1. The SMILES string of the molecule is CC(c1ccc(S(C)(=O)=O)cc1)N(C)C(=O)CCS(=O)(=O)c1ccc2c(c1)CCC2. The van der Waals surface area contributed by atoms with Gasteiger partial charge in [-0.05, 0) is 67.1 Å². The van der Waals surface area contributed by atoms with Gasteiger partial charge in [0.15, 0.2) is 19.7 Å². The summed E-state index contributed by atoms with van der Waals surface area (Å²) in [6.45, 7) is 1.82. The van der Waals surface area contributed by atoms with E-state index >= 15 is 0 Å². The Morgan fingerprint density at radius 2 is 1.57 bits per heavy atom. The zero-order valence-corrected chi connectivity index (χ0v) is 19.1. The fourth-order valence-electron chi connectivity index (χ4n) is 3.69. The number of benzene rings is 2. The molecule has 1 aliphatic carbocycles. The normalized spacial score (nSPS) is 14.9. The number of hydrogen-bond acceptors (Lipinski definition) is 5. The zero-order chi connectivity index (χ0) is 22.1. The predicted octanol–water partition coefficient (Wildman–Crippen LogP) is 2.96. The van der Waals surface area contributed by atoms with Crippen LogP contribution in [0.1, 0.15) is 42.5 Å². The van der Waals surface area contributed by atoms with Crippen LogP contribution >= 0.6 is 0 Å². The number of fused-ring (bicyclic) bond motifs is 1. The van der Waals surface area contributed by atoms with E-state index in [1.807, 2.05) is 13.0 Å². The molecule has 0 saturated carbocycles. The van der Waals surface area contributed by atoms with Crippen LogP contribution in [0.15, 0.2) is 52.3 Å². The summed E-state index contributed by atoms with van der Waals surface area (Å²) in [5.41, 5.74) is 3.07. The largest absolute Gasteiger partial charge is 0.339 e. The summed E-state index contributed by atoms with van der Waals surface area (Å²) in [5.74, 6) is -0.520. The molecule has 6 nitrogen and oxygen atoms in total. The summed E-state index contributed by atoms with van der Waals surface area (Å²) < 4.78 is 48.6. The van der Waals surface area contributed by atoms with Crippen molar-refractivity contribution in [3.05, 3.63) is 59.2 Å². The molecular weight excluding hydrogens is 422 g/mol. The molecule has 162 valence electrons. The van der Waals surface area contributed by atoms with Gasteiger partial charge in [-0.3, -0.25) is 4.79 Å². The maximum atomic E-state index is 12.7. The van der Waals surface area contributed by atoms with Crippen molar-refractivity contribution in [3.63, 3.8) is 0 Å². The predicted molar refractivity (Wildman–Crippen MR) is 116 cm³/mol. The monoisotopic (exact) mass is 449 g/mol. The molecule has 1 amide bonds. The number of sulfone groups is 2. The van der Waals surface area contributed by atoms with Crippen molar-refractivity contribution < 1.29 is 21.6 Å². The third-order valence-electron chi connectivity index (χ3n) is 5.78. The van der Waals surface area contributed by atoms with Gasteiger partial charge < -0.3 is 4.90 Å². The Balaban J connectivity index is 1.65. The second-order valence-corrected chi connectivity index (χ2v) is 12.0. The Labute approximate surface area is 178 Å². The first kappa shape index (κ1) is 22.5. The minimum Gasteiger partial charge on any atom is -0.339 e. The molecule has 0 saturated heterocycles. The van der Waals surface area contributed by atoms with Crippen molar-refractivity contribution in [2.45, 2.75) is 48.4 Å². The molecule has 0 N–H and O–H groups in total. The van der Waals surface area contributed by atoms with Crippen LogP contribution in [-0.2, 0) is 37.3 Å². The maximum absolute atomic E-state index is 12.7. The quantitative estimate of drug-likeness (QED) is 0.648. The van der Waals surface area contributed by atoms with Gasteiger partial charge >= 0.3 is 0 Å². The lowest BCUT2D eigenvalue weighted by Crippen LogP contribution is -2.31. The molecule has 2 aromatic carbocycles. The summed E-state index contributed by atoms with van der Waals surface area (Å²) in [6.07, 6.45) is 3.97. The number of aryl methyl sites for hydroxylation is 2. The fourth-order valence-corrected chi connectivity index (χ4v) is 5.60. The van der Waals surface area contributed by atoms with Gasteiger partial charge in [-0.25, -0.2) is 16.8 Å². The van der Waals surface area contributed by atoms with Gasteiger partial charge in [0.05, 0.1) is 21.6 Å². The van der Waals surface area contributed by atoms with Gasteiger partial charge in [0.1, 0.15) is 0 Å². The standard InChI is InChI=1S/C22H27NO5S2/c1-16(17-7-10-20(11-8-17)29(3,25)26)23(2)22(24)13-14-30(27,28)21-12-9-18-5-4-6-19(18)15-21/h7-12,15-16H,4-6,13-14H2,1-3H3. The van der Waals surface area contributed by atoms with Crippen LogP contribution < -0.4 is 0 Å². The number of carbonyl (C=O) groups is 1. The van der Waals surface area contributed by atoms with Crippen LogP contribution in [-0.4, -0.2) is 46.7 Å². The van der Waals surface area contributed by atoms with Gasteiger partial charge in [0, 0.05) is 19.7 Å². The summed E-state index contributed by atoms with van der Waals surface area (Å²) in [6, 6.07) is 11.3. The van der Waals surface area contributed by atoms with E-state index in [9.17, 15) is 21.6 Å². The van der Waals surface area contributed by atoms with Crippen molar-refractivity contribution >= 4 is 25.6 Å². The van der Waals surface area contributed by atoms with E-state index < -0.39 is 19.7 Å². The average molecular weight is 450 g/mol. The lowest BCUT2D eigenvalue weighted by atomic mass is 10.1. The third-order valence-corrected chi connectivity index (χ3v) is 8.62. The van der Waals surface area contributed by atoms with Crippen LogP contribution in [0, 0.1) is 0 Å². The van der Waals surface area contributed by atoms with E-state index in [2.05, 4.69) is 0 Å². The molecule has 0 aromatic heterocycles. The van der Waals surface area contributed by atoms with E-state index in [0.29, 0.717) is 0 Å². The first-order valence-corrected chi connectivity index (χ1v) is 13.4. The van der Waals surface area contributed by atoms with Crippen molar-refractivity contribution in [1.82, 2.24) is 4.90 Å². The maximum Gasteiger partial charge on any atom is 0.223 e. The first-order valence-electron chi connectivity index (χ1n) is 9.89. The first-order chi connectivity index (χ1) is 14.0. The molecule has 2 aromatic rings. The van der Waals surface area contributed by atoms with Crippen LogP contribution in [0.25, 0.3) is 0 Å². The Morgan fingerprint density at radius 3 is 2.20 bits per heavy atom. The molecule has 1 aliphatic rings. The molecular formula is C22H27NO5S2. The lowest BCUT2D eigenvalue weighted by Gasteiger charge is -2.25. The van der Waals surface area contributed by atoms with E-state index in [-0.39, 0.29) is 33.9 Å². The molecule has 0 spiro atoms. The molecule has 0 heterocycles. The molecule has 0 aliphatic heterocycles. The number of carbonyl (C=O) groups excluding carboxylic acids is 1. The number of nitrogens with zero attached hydrogens (tertiary/aromatic N) is 1. The highest BCUT2D eigenvalue weighted by atomic mass is 32.2. The highest BCUT2D eigenvalue weighted by molar-refractivity contribution is 7.91. The van der Waals surface area contributed by atoms with Gasteiger partial charge in [0.25, 0.3) is 0 Å². The van der Waals surface area contributed by atoms with E-state index in [1.165, 1.54) is 22.6 Å². The summed E-state index contributed by atoms with van der Waals surface area (Å²) in [4.78, 5) is 14.6. The highest BCUT2D eigenvalue weighted by Crippen LogP contribution is 2.26.